The number of carboxylic acids is 1. The standard InChI is InChI=1S/C24H35N9O6/c25-21(26)15-5-7-16(8-6-15)22(38)31-13-19(35)33-12-11-32(14-20(36)37)23(39)17(33)3-1-9-29-18(34)4-2-10-30-24(27)28/h5-8,17H,1-4,9-14H2,(H3,25,26)(H,29,34)(H,31,38)(H,36,37)(H4,27,28,30)/t17-/m0/s1. The number of hydrogen-bond donors (Lipinski definition) is 7. The Morgan fingerprint density at radius 1 is 1.03 bits per heavy atom. The van der Waals surface area contributed by atoms with Crippen molar-refractivity contribution in [2.24, 2.45) is 22.2 Å². The van der Waals surface area contributed by atoms with Gasteiger partial charge in [0.2, 0.25) is 17.7 Å². The van der Waals surface area contributed by atoms with E-state index in [-0.39, 0.29) is 62.3 Å². The number of amidine groups is 1. The van der Waals surface area contributed by atoms with Crippen LogP contribution in [0.3, 0.4) is 0 Å². The van der Waals surface area contributed by atoms with E-state index in [0.717, 1.165) is 0 Å². The average Bonchev–Trinajstić information content (AvgIpc) is 2.89. The van der Waals surface area contributed by atoms with Gasteiger partial charge in [0.15, 0.2) is 5.96 Å². The number of nitrogens with two attached hydrogens (primary N) is 3. The second-order valence-corrected chi connectivity index (χ2v) is 8.83. The van der Waals surface area contributed by atoms with Crippen molar-refractivity contribution in [2.75, 3.05) is 39.3 Å². The van der Waals surface area contributed by atoms with Crippen LogP contribution in [-0.2, 0) is 19.2 Å². The highest BCUT2D eigenvalue weighted by molar-refractivity contribution is 5.99. The molecule has 39 heavy (non-hydrogen) atoms. The third kappa shape index (κ3) is 9.94. The summed E-state index contributed by atoms with van der Waals surface area (Å²) in [6, 6.07) is 5.04. The number of nitrogens with one attached hydrogen (secondary N) is 3. The molecule has 0 aromatic heterocycles. The lowest BCUT2D eigenvalue weighted by atomic mass is 10.0. The summed E-state index contributed by atoms with van der Waals surface area (Å²) < 4.78 is 0. The quantitative estimate of drug-likeness (QED) is 0.0758. The molecule has 15 nitrogen and oxygen atoms in total. The Kier molecular flexibility index (Phi) is 11.7. The van der Waals surface area contributed by atoms with Crippen LogP contribution in [-0.4, -0.2) is 102 Å². The average molecular weight is 546 g/mol. The van der Waals surface area contributed by atoms with E-state index in [0.29, 0.717) is 24.9 Å². The molecule has 10 N–H and O–H groups in total. The molecule has 15 heteroatoms. The molecule has 0 unspecified atom stereocenters. The number of carbonyl (C=O) groups is 5. The fourth-order valence-corrected chi connectivity index (χ4v) is 3.96. The van der Waals surface area contributed by atoms with Crippen molar-refractivity contribution in [3.8, 4) is 0 Å². The molecular weight excluding hydrogens is 510 g/mol. The predicted molar refractivity (Wildman–Crippen MR) is 142 cm³/mol. The summed E-state index contributed by atoms with van der Waals surface area (Å²) in [5.74, 6) is -3.10. The lowest BCUT2D eigenvalue weighted by molar-refractivity contribution is -0.155. The van der Waals surface area contributed by atoms with Gasteiger partial charge in [0.25, 0.3) is 5.91 Å². The van der Waals surface area contributed by atoms with Gasteiger partial charge in [-0.15, -0.1) is 0 Å². The zero-order valence-electron chi connectivity index (χ0n) is 21.5. The fourth-order valence-electron chi connectivity index (χ4n) is 3.96. The largest absolute Gasteiger partial charge is 0.480 e. The van der Waals surface area contributed by atoms with Gasteiger partial charge in [0.1, 0.15) is 18.4 Å². The molecule has 1 atom stereocenters. The summed E-state index contributed by atoms with van der Waals surface area (Å²) >= 11 is 0. The van der Waals surface area contributed by atoms with Crippen LogP contribution < -0.4 is 27.8 Å². The molecule has 0 aliphatic carbocycles. The summed E-state index contributed by atoms with van der Waals surface area (Å²) in [4.78, 5) is 67.9. The lowest BCUT2D eigenvalue weighted by Gasteiger charge is -2.40. The van der Waals surface area contributed by atoms with Crippen molar-refractivity contribution >= 4 is 41.4 Å². The molecule has 0 spiro atoms. The number of aliphatic imine (C=N–C) groups is 1. The zero-order valence-corrected chi connectivity index (χ0v) is 21.5. The first kappa shape index (κ1) is 30.5. The smallest absolute Gasteiger partial charge is 0.323 e. The van der Waals surface area contributed by atoms with E-state index in [4.69, 9.17) is 27.7 Å². The summed E-state index contributed by atoms with van der Waals surface area (Å²) in [5.41, 5.74) is 16.6. The van der Waals surface area contributed by atoms with Gasteiger partial charge >= 0.3 is 5.97 Å². The number of amides is 4. The number of carbonyl (C=O) groups excluding carboxylic acids is 4. The molecule has 212 valence electrons. The van der Waals surface area contributed by atoms with Crippen LogP contribution >= 0.6 is 0 Å². The Balaban J connectivity index is 1.94. The number of carboxylic acid groups (broad SMARTS) is 1. The molecule has 1 heterocycles. The van der Waals surface area contributed by atoms with Crippen molar-refractivity contribution < 1.29 is 29.1 Å². The first-order valence-electron chi connectivity index (χ1n) is 12.3. The third-order valence-corrected chi connectivity index (χ3v) is 5.92. The van der Waals surface area contributed by atoms with Gasteiger partial charge in [-0.3, -0.25) is 34.4 Å². The minimum Gasteiger partial charge on any atom is -0.480 e. The van der Waals surface area contributed by atoms with Crippen LogP contribution in [0.1, 0.15) is 41.6 Å². The summed E-state index contributed by atoms with van der Waals surface area (Å²) in [5, 5.41) is 21.8. The minimum atomic E-state index is -1.17. The summed E-state index contributed by atoms with van der Waals surface area (Å²) in [6.07, 6.45) is 1.22. The molecular formula is C24H35N9O6. The van der Waals surface area contributed by atoms with Crippen molar-refractivity contribution in [2.45, 2.75) is 31.7 Å². The topological polar surface area (TPSA) is 250 Å². The SMILES string of the molecule is N=C(N)c1ccc(C(=O)NCC(=O)N2CCN(CC(=O)O)C(=O)[C@@H]2CCCNC(=O)CCCN=C(N)N)cc1. The molecule has 2 rings (SSSR count). The van der Waals surface area contributed by atoms with E-state index in [1.54, 1.807) is 0 Å². The number of hydrogen-bond acceptors (Lipinski definition) is 7. The Bertz CT molecular complexity index is 1100. The molecule has 0 radical (unpaired) electrons. The molecule has 1 fully saturated rings. The molecule has 1 saturated heterocycles. The molecule has 1 aliphatic heterocycles. The number of nitrogen functional groups attached to an aromatic ring is 1. The lowest BCUT2D eigenvalue weighted by Crippen LogP contribution is -2.60. The second kappa shape index (κ2) is 14.9. The zero-order chi connectivity index (χ0) is 28.9. The second-order valence-electron chi connectivity index (χ2n) is 8.83. The highest BCUT2D eigenvalue weighted by Gasteiger charge is 2.37. The number of aliphatic carboxylic acids is 1. The van der Waals surface area contributed by atoms with Gasteiger partial charge < -0.3 is 42.7 Å². The maximum Gasteiger partial charge on any atom is 0.323 e. The van der Waals surface area contributed by atoms with E-state index >= 15 is 0 Å². The van der Waals surface area contributed by atoms with Crippen LogP contribution in [0.15, 0.2) is 29.3 Å². The Labute approximate surface area is 225 Å². The van der Waals surface area contributed by atoms with Gasteiger partial charge in [-0.1, -0.05) is 12.1 Å². The van der Waals surface area contributed by atoms with E-state index < -0.39 is 36.3 Å². The molecule has 1 aromatic carbocycles. The minimum absolute atomic E-state index is 0.0420. The Hall–Kier alpha value is -4.69. The van der Waals surface area contributed by atoms with Crippen molar-refractivity contribution in [3.05, 3.63) is 35.4 Å². The van der Waals surface area contributed by atoms with Crippen molar-refractivity contribution in [1.29, 1.82) is 5.41 Å². The van der Waals surface area contributed by atoms with Crippen LogP contribution in [0.5, 0.6) is 0 Å². The van der Waals surface area contributed by atoms with E-state index in [9.17, 15) is 24.0 Å². The summed E-state index contributed by atoms with van der Waals surface area (Å²) in [6.45, 7) is -0.148. The van der Waals surface area contributed by atoms with Gasteiger partial charge in [-0.2, -0.15) is 0 Å². The molecule has 1 aromatic rings. The van der Waals surface area contributed by atoms with Crippen LogP contribution in [0.4, 0.5) is 0 Å². The van der Waals surface area contributed by atoms with Crippen LogP contribution in [0.25, 0.3) is 0 Å². The first-order chi connectivity index (χ1) is 18.5. The first-order valence-corrected chi connectivity index (χ1v) is 12.3. The van der Waals surface area contributed by atoms with Crippen molar-refractivity contribution in [3.63, 3.8) is 0 Å². The Morgan fingerprint density at radius 3 is 2.31 bits per heavy atom. The van der Waals surface area contributed by atoms with Gasteiger partial charge in [-0.05, 0) is 31.4 Å². The van der Waals surface area contributed by atoms with E-state index in [1.807, 2.05) is 0 Å². The van der Waals surface area contributed by atoms with Crippen LogP contribution in [0.2, 0.25) is 0 Å². The maximum absolute atomic E-state index is 13.0. The number of rotatable bonds is 14. The van der Waals surface area contributed by atoms with E-state index in [1.165, 1.54) is 34.1 Å². The molecule has 4 amide bonds. The predicted octanol–water partition coefficient (Wildman–Crippen LogP) is -2.23. The maximum atomic E-state index is 13.0. The number of benzene rings is 1. The monoisotopic (exact) mass is 545 g/mol. The normalized spacial score (nSPS) is 14.9. The highest BCUT2D eigenvalue weighted by atomic mass is 16.4. The van der Waals surface area contributed by atoms with Crippen molar-refractivity contribution in [1.82, 2.24) is 20.4 Å². The summed E-state index contributed by atoms with van der Waals surface area (Å²) in [7, 11) is 0. The highest BCUT2D eigenvalue weighted by Crippen LogP contribution is 2.17. The van der Waals surface area contributed by atoms with Gasteiger partial charge in [0, 0.05) is 43.7 Å². The number of guanidine groups is 1. The van der Waals surface area contributed by atoms with E-state index in [2.05, 4.69) is 15.6 Å². The Morgan fingerprint density at radius 2 is 1.69 bits per heavy atom. The third-order valence-electron chi connectivity index (χ3n) is 5.92. The molecule has 1 aliphatic rings. The van der Waals surface area contributed by atoms with Gasteiger partial charge in [0.05, 0.1) is 6.54 Å². The van der Waals surface area contributed by atoms with Gasteiger partial charge in [-0.25, -0.2) is 0 Å². The number of piperazine rings is 1. The molecule has 0 saturated carbocycles. The fraction of sp³-hybridized carbons (Fsp3) is 0.458. The molecule has 0 bridgehead atoms. The number of nitrogens with zero attached hydrogens (tertiary/aromatic N) is 3. The van der Waals surface area contributed by atoms with Crippen LogP contribution in [0, 0.1) is 5.41 Å².